The summed E-state index contributed by atoms with van der Waals surface area (Å²) in [6.45, 7) is 2.86. The van der Waals surface area contributed by atoms with Gasteiger partial charge < -0.3 is 0 Å². The van der Waals surface area contributed by atoms with Gasteiger partial charge in [0.15, 0.2) is 0 Å². The quantitative estimate of drug-likeness (QED) is 0.760. The minimum atomic E-state index is 0.118. The summed E-state index contributed by atoms with van der Waals surface area (Å²) < 4.78 is 0. The van der Waals surface area contributed by atoms with Gasteiger partial charge in [0.1, 0.15) is 0 Å². The summed E-state index contributed by atoms with van der Waals surface area (Å²) in [5, 5.41) is 5.98. The van der Waals surface area contributed by atoms with Gasteiger partial charge in [-0.3, -0.25) is 4.79 Å². The minimum Gasteiger partial charge on any atom is -0.273 e. The Bertz CT molecular complexity index is 398. The van der Waals surface area contributed by atoms with Crippen molar-refractivity contribution in [2.75, 3.05) is 6.54 Å². The highest BCUT2D eigenvalue weighted by Gasteiger charge is 2.23. The van der Waals surface area contributed by atoms with Crippen molar-refractivity contribution >= 4 is 11.6 Å². The molecule has 0 saturated carbocycles. The Balaban J connectivity index is 2.10. The van der Waals surface area contributed by atoms with Gasteiger partial charge in [0, 0.05) is 6.54 Å². The van der Waals surface area contributed by atoms with Gasteiger partial charge in [0.05, 0.1) is 12.1 Å². The van der Waals surface area contributed by atoms with Gasteiger partial charge in [-0.05, 0) is 12.0 Å². The smallest absolute Gasteiger partial charge is 0.248 e. The minimum absolute atomic E-state index is 0.118. The molecule has 0 N–H and O–H groups in total. The van der Waals surface area contributed by atoms with E-state index in [1.54, 1.807) is 5.01 Å². The Morgan fingerprint density at radius 3 is 2.75 bits per heavy atom. The van der Waals surface area contributed by atoms with E-state index in [4.69, 9.17) is 0 Å². The fourth-order valence-electron chi connectivity index (χ4n) is 1.74. The highest BCUT2D eigenvalue weighted by atomic mass is 16.2. The monoisotopic (exact) mass is 216 g/mol. The lowest BCUT2D eigenvalue weighted by molar-refractivity contribution is -0.128. The van der Waals surface area contributed by atoms with Crippen LogP contribution >= 0.6 is 0 Å². The summed E-state index contributed by atoms with van der Waals surface area (Å²) in [6.07, 6.45) is 2.53. The summed E-state index contributed by atoms with van der Waals surface area (Å²) in [6, 6.07) is 9.90. The first kappa shape index (κ1) is 10.9. The number of unbranched alkanes of at least 4 members (excludes halogenated alkanes) is 1. The van der Waals surface area contributed by atoms with Gasteiger partial charge >= 0.3 is 0 Å². The molecule has 0 aliphatic carbocycles. The van der Waals surface area contributed by atoms with E-state index in [0.29, 0.717) is 6.42 Å². The van der Waals surface area contributed by atoms with Gasteiger partial charge in [0.2, 0.25) is 5.91 Å². The van der Waals surface area contributed by atoms with Crippen LogP contribution in [-0.2, 0) is 4.79 Å². The molecule has 0 saturated heterocycles. The molecule has 1 amide bonds. The molecule has 0 atom stereocenters. The molecule has 3 nitrogen and oxygen atoms in total. The van der Waals surface area contributed by atoms with Crippen molar-refractivity contribution in [1.29, 1.82) is 0 Å². The zero-order valence-corrected chi connectivity index (χ0v) is 9.52. The van der Waals surface area contributed by atoms with Gasteiger partial charge in [-0.15, -0.1) is 0 Å². The normalized spacial score (nSPS) is 15.4. The Morgan fingerprint density at radius 1 is 1.31 bits per heavy atom. The molecule has 1 heterocycles. The second-order valence-electron chi connectivity index (χ2n) is 3.96. The number of hydrazone groups is 1. The van der Waals surface area contributed by atoms with E-state index in [2.05, 4.69) is 12.0 Å². The Labute approximate surface area is 95.8 Å². The number of carbonyl (C=O) groups excluding carboxylic acids is 1. The molecule has 0 spiro atoms. The number of benzene rings is 1. The predicted molar refractivity (Wildman–Crippen MR) is 64.2 cm³/mol. The number of rotatable bonds is 4. The Morgan fingerprint density at radius 2 is 2.06 bits per heavy atom. The van der Waals surface area contributed by atoms with Gasteiger partial charge in [-0.2, -0.15) is 5.10 Å². The third-order valence-electron chi connectivity index (χ3n) is 2.68. The number of amides is 1. The zero-order valence-electron chi connectivity index (χ0n) is 9.52. The van der Waals surface area contributed by atoms with Gasteiger partial charge in [0.25, 0.3) is 0 Å². The third kappa shape index (κ3) is 2.30. The summed E-state index contributed by atoms with van der Waals surface area (Å²) in [7, 11) is 0. The second-order valence-corrected chi connectivity index (χ2v) is 3.96. The average molecular weight is 216 g/mol. The van der Waals surface area contributed by atoms with Gasteiger partial charge in [-0.25, -0.2) is 5.01 Å². The fourth-order valence-corrected chi connectivity index (χ4v) is 1.74. The molecule has 1 aromatic carbocycles. The van der Waals surface area contributed by atoms with Crippen LogP contribution in [0.4, 0.5) is 0 Å². The Kier molecular flexibility index (Phi) is 3.34. The molecule has 0 bridgehead atoms. The third-order valence-corrected chi connectivity index (χ3v) is 2.68. The molecule has 1 aromatic rings. The number of carbonyl (C=O) groups is 1. The molecule has 16 heavy (non-hydrogen) atoms. The molecular formula is C13H16N2O. The van der Waals surface area contributed by atoms with E-state index in [-0.39, 0.29) is 5.91 Å². The van der Waals surface area contributed by atoms with E-state index < -0.39 is 0 Å². The molecule has 84 valence electrons. The van der Waals surface area contributed by atoms with Crippen LogP contribution in [-0.4, -0.2) is 23.2 Å². The van der Waals surface area contributed by atoms with Crippen molar-refractivity contribution < 1.29 is 4.79 Å². The number of nitrogens with zero attached hydrogens (tertiary/aromatic N) is 2. The predicted octanol–water partition coefficient (Wildman–Crippen LogP) is 2.42. The van der Waals surface area contributed by atoms with Crippen molar-refractivity contribution in [1.82, 2.24) is 5.01 Å². The van der Waals surface area contributed by atoms with Crippen molar-refractivity contribution in [3.05, 3.63) is 35.9 Å². The van der Waals surface area contributed by atoms with Crippen LogP contribution in [0.3, 0.4) is 0 Å². The van der Waals surface area contributed by atoms with Crippen LogP contribution in [0.5, 0.6) is 0 Å². The summed E-state index contributed by atoms with van der Waals surface area (Å²) in [4.78, 5) is 11.7. The maximum atomic E-state index is 11.7. The van der Waals surface area contributed by atoms with Crippen LogP contribution in [0, 0.1) is 0 Å². The lowest BCUT2D eigenvalue weighted by atomic mass is 10.1. The highest BCUT2D eigenvalue weighted by molar-refractivity contribution is 6.13. The van der Waals surface area contributed by atoms with E-state index in [1.165, 1.54) is 0 Å². The van der Waals surface area contributed by atoms with Crippen LogP contribution < -0.4 is 0 Å². The first-order valence-corrected chi connectivity index (χ1v) is 5.74. The van der Waals surface area contributed by atoms with Crippen LogP contribution in [0.25, 0.3) is 0 Å². The Hall–Kier alpha value is -1.64. The lowest BCUT2D eigenvalue weighted by Crippen LogP contribution is -2.21. The van der Waals surface area contributed by atoms with E-state index in [9.17, 15) is 4.79 Å². The van der Waals surface area contributed by atoms with Crippen molar-refractivity contribution in [3.8, 4) is 0 Å². The first-order valence-electron chi connectivity index (χ1n) is 5.74. The molecular weight excluding hydrogens is 200 g/mol. The molecule has 1 aliphatic heterocycles. The van der Waals surface area contributed by atoms with Crippen molar-refractivity contribution in [3.63, 3.8) is 0 Å². The molecule has 2 rings (SSSR count). The van der Waals surface area contributed by atoms with E-state index in [1.807, 2.05) is 30.3 Å². The van der Waals surface area contributed by atoms with Gasteiger partial charge in [-0.1, -0.05) is 43.7 Å². The first-order chi connectivity index (χ1) is 7.81. The maximum absolute atomic E-state index is 11.7. The zero-order chi connectivity index (χ0) is 11.4. The molecule has 3 heteroatoms. The standard InChI is InChI=1S/C13H16N2O/c1-2-3-9-15-13(16)10-12(14-15)11-7-5-4-6-8-11/h4-8H,2-3,9-10H2,1H3. The lowest BCUT2D eigenvalue weighted by Gasteiger charge is -2.09. The van der Waals surface area contributed by atoms with Crippen molar-refractivity contribution in [2.45, 2.75) is 26.2 Å². The van der Waals surface area contributed by atoms with E-state index >= 15 is 0 Å². The molecule has 0 unspecified atom stereocenters. The summed E-state index contributed by atoms with van der Waals surface area (Å²) in [5.74, 6) is 0.118. The molecule has 0 aromatic heterocycles. The molecule has 1 aliphatic rings. The topological polar surface area (TPSA) is 32.7 Å². The van der Waals surface area contributed by atoms with Crippen LogP contribution in [0.1, 0.15) is 31.7 Å². The molecule has 0 fully saturated rings. The van der Waals surface area contributed by atoms with E-state index in [0.717, 1.165) is 30.7 Å². The maximum Gasteiger partial charge on any atom is 0.248 e. The largest absolute Gasteiger partial charge is 0.273 e. The fraction of sp³-hybridized carbons (Fsp3) is 0.385. The average Bonchev–Trinajstić information content (AvgIpc) is 2.69. The number of hydrogen-bond donors (Lipinski definition) is 0. The van der Waals surface area contributed by atoms with Crippen molar-refractivity contribution in [2.24, 2.45) is 5.10 Å². The van der Waals surface area contributed by atoms with Crippen LogP contribution in [0.15, 0.2) is 35.4 Å². The van der Waals surface area contributed by atoms with Crippen LogP contribution in [0.2, 0.25) is 0 Å². The second kappa shape index (κ2) is 4.92. The summed E-state index contributed by atoms with van der Waals surface area (Å²) in [5.41, 5.74) is 1.94. The summed E-state index contributed by atoms with van der Waals surface area (Å²) >= 11 is 0. The number of hydrogen-bond acceptors (Lipinski definition) is 2. The molecule has 0 radical (unpaired) electrons. The highest BCUT2D eigenvalue weighted by Crippen LogP contribution is 2.15. The SMILES string of the molecule is CCCCN1N=C(c2ccccc2)CC1=O.